The lowest BCUT2D eigenvalue weighted by Crippen LogP contribution is -2.07. The number of ether oxygens (including phenoxy) is 2. The number of anilines is 2. The number of nitrogens with one attached hydrogen (secondary N) is 1. The first kappa shape index (κ1) is 40.3. The van der Waals surface area contributed by atoms with E-state index in [4.69, 9.17) is 15.2 Å². The summed E-state index contributed by atoms with van der Waals surface area (Å²) in [5.74, 6) is -1.93. The van der Waals surface area contributed by atoms with Crippen LogP contribution >= 0.6 is 32.6 Å². The summed E-state index contributed by atoms with van der Waals surface area (Å²) >= 11 is 0. The summed E-state index contributed by atoms with van der Waals surface area (Å²) in [5, 5.41) is 41.0. The summed E-state index contributed by atoms with van der Waals surface area (Å²) in [5.41, 5.74) is 4.97. The van der Waals surface area contributed by atoms with Crippen LogP contribution in [0.15, 0.2) is 95.8 Å². The fourth-order valence-electron chi connectivity index (χ4n) is 5.05. The van der Waals surface area contributed by atoms with Gasteiger partial charge in [-0.1, -0.05) is 6.07 Å². The number of rotatable bonds is 12. The van der Waals surface area contributed by atoms with Crippen molar-refractivity contribution in [2.75, 3.05) is 31.4 Å². The Balaban J connectivity index is 1.70. The van der Waals surface area contributed by atoms with Gasteiger partial charge in [-0.05, 0) is 59.3 Å². The second-order valence-corrected chi connectivity index (χ2v) is 15.8. The van der Waals surface area contributed by atoms with E-state index in [-0.39, 0.29) is 68.9 Å². The summed E-state index contributed by atoms with van der Waals surface area (Å²) in [4.78, 5) is 10.7. The van der Waals surface area contributed by atoms with Crippen molar-refractivity contribution in [3.63, 3.8) is 0 Å². The van der Waals surface area contributed by atoms with Crippen LogP contribution in [0.4, 0.5) is 34.1 Å². The molecule has 290 valence electrons. The second kappa shape index (κ2) is 15.5. The van der Waals surface area contributed by atoms with Gasteiger partial charge < -0.3 is 71.7 Å². The van der Waals surface area contributed by atoms with Crippen molar-refractivity contribution in [3.8, 4) is 17.2 Å². The molecule has 0 heterocycles. The number of nitrogens with two attached hydrogens (primary N) is 1. The molecule has 0 unspecified atom stereocenters. The summed E-state index contributed by atoms with van der Waals surface area (Å²) in [6.45, 7) is 1.18. The number of nitrogens with zero attached hydrogens (tertiary/aromatic N) is 4. The van der Waals surface area contributed by atoms with Gasteiger partial charge in [0.05, 0.1) is 38.1 Å². The van der Waals surface area contributed by atoms with E-state index in [1.54, 1.807) is 0 Å². The molecule has 0 bridgehead atoms. The molecule has 0 aliphatic heterocycles. The van der Waals surface area contributed by atoms with Crippen molar-refractivity contribution < 1.29 is 65.5 Å². The molecule has 0 aliphatic rings. The predicted molar refractivity (Wildman–Crippen MR) is 203 cm³/mol. The van der Waals surface area contributed by atoms with Gasteiger partial charge in [0.1, 0.15) is 67.8 Å². The minimum Gasteiger partial charge on any atom is -0.507 e. The third-order valence-corrected chi connectivity index (χ3v) is 10.1. The highest BCUT2D eigenvalue weighted by atomic mass is 32.3. The zero-order valence-electron chi connectivity index (χ0n) is 27.9. The fourth-order valence-corrected chi connectivity index (χ4v) is 6.84. The molecule has 0 fully saturated rings. The Bertz CT molecular complexity index is 2320. The van der Waals surface area contributed by atoms with Crippen LogP contribution < -0.4 is 15.8 Å². The highest BCUT2D eigenvalue weighted by Gasteiger charge is 2.26. The number of amides is 1. The highest BCUT2D eigenvalue weighted by Crippen LogP contribution is 2.55. The lowest BCUT2D eigenvalue weighted by atomic mass is 10.1. The molecular weight excluding hydrogens is 777 g/mol. The van der Waals surface area contributed by atoms with E-state index in [0.717, 1.165) is 24.3 Å². The quantitative estimate of drug-likeness (QED) is 0.0317. The van der Waals surface area contributed by atoms with Crippen LogP contribution in [0.2, 0.25) is 0 Å². The average Bonchev–Trinajstić information content (AvgIpc) is 3.06. The molecular formula is C31H34N6O14S3. The first-order valence-electron chi connectivity index (χ1n) is 15.0. The van der Waals surface area contributed by atoms with E-state index in [1.165, 1.54) is 50.4 Å². The number of fused-ring (bicyclic) bond motifs is 2. The normalized spacial score (nSPS) is 13.6. The summed E-state index contributed by atoms with van der Waals surface area (Å²) in [7, 11) is -11.8. The number of carbonyl (C=O) groups excluding carboxylic acids is 1. The van der Waals surface area contributed by atoms with Gasteiger partial charge >= 0.3 is 0 Å². The lowest BCUT2D eigenvalue weighted by molar-refractivity contribution is -0.114. The van der Waals surface area contributed by atoms with Crippen molar-refractivity contribution in [2.45, 2.75) is 21.6 Å². The number of azo groups is 2. The van der Waals surface area contributed by atoms with Gasteiger partial charge in [-0.2, -0.15) is 0 Å². The van der Waals surface area contributed by atoms with Gasteiger partial charge in [-0.25, -0.2) is 0 Å². The molecule has 0 spiro atoms. The topological polar surface area (TPSA) is 346 Å². The Morgan fingerprint density at radius 3 is 1.96 bits per heavy atom. The van der Waals surface area contributed by atoms with E-state index >= 15 is 0 Å². The number of carbonyl (C=O) groups is 1. The minimum absolute atomic E-state index is 0.0701. The molecule has 23 heteroatoms. The minimum atomic E-state index is -4.47. The first-order chi connectivity index (χ1) is 25.2. The maximum Gasteiger partial charge on any atom is 0.221 e. The number of methoxy groups -OCH3 is 1. The maximum atomic E-state index is 12.3. The molecule has 0 saturated carbocycles. The maximum absolute atomic E-state index is 12.3. The molecule has 0 aromatic heterocycles. The van der Waals surface area contributed by atoms with Gasteiger partial charge in [0.2, 0.25) is 5.91 Å². The van der Waals surface area contributed by atoms with Crippen LogP contribution in [0.25, 0.3) is 21.5 Å². The smallest absolute Gasteiger partial charge is 0.221 e. The number of hydrogen-bond donors (Lipinski definition) is 13. The van der Waals surface area contributed by atoms with Crippen molar-refractivity contribution in [1.82, 2.24) is 0 Å². The van der Waals surface area contributed by atoms with Crippen LogP contribution in [0.3, 0.4) is 0 Å². The zero-order valence-corrected chi connectivity index (χ0v) is 30.4. The Hall–Kier alpha value is -4.86. The number of phenolic OH excluding ortho intramolecular Hbond substituents is 2. The van der Waals surface area contributed by atoms with Gasteiger partial charge in [0, 0.05) is 31.2 Å². The van der Waals surface area contributed by atoms with Crippen molar-refractivity contribution in [3.05, 3.63) is 60.7 Å². The number of aromatic hydroxyl groups is 2. The van der Waals surface area contributed by atoms with Gasteiger partial charge in [0.25, 0.3) is 0 Å². The lowest BCUT2D eigenvalue weighted by Gasteiger charge is -2.22. The van der Waals surface area contributed by atoms with E-state index in [1.807, 2.05) is 0 Å². The Morgan fingerprint density at radius 2 is 1.35 bits per heavy atom. The van der Waals surface area contributed by atoms with Crippen molar-refractivity contribution >= 4 is 94.2 Å². The molecule has 0 saturated heterocycles. The van der Waals surface area contributed by atoms with Crippen molar-refractivity contribution in [1.29, 1.82) is 0 Å². The Labute approximate surface area is 310 Å². The largest absolute Gasteiger partial charge is 0.507 e. The third kappa shape index (κ3) is 9.08. The van der Waals surface area contributed by atoms with Crippen LogP contribution in [0.5, 0.6) is 17.2 Å². The summed E-state index contributed by atoms with van der Waals surface area (Å²) in [6, 6.07) is 11.8. The van der Waals surface area contributed by atoms with E-state index in [2.05, 4.69) is 25.8 Å². The van der Waals surface area contributed by atoms with Crippen molar-refractivity contribution in [2.24, 2.45) is 20.5 Å². The van der Waals surface area contributed by atoms with Crippen LogP contribution in [-0.2, 0) is 9.53 Å². The molecule has 5 aromatic rings. The van der Waals surface area contributed by atoms with Gasteiger partial charge in [-0.15, -0.1) is 20.5 Å². The molecule has 54 heavy (non-hydrogen) atoms. The van der Waals surface area contributed by atoms with Crippen LogP contribution in [0.1, 0.15) is 6.92 Å². The molecule has 14 N–H and O–H groups in total. The van der Waals surface area contributed by atoms with Crippen LogP contribution in [-0.4, -0.2) is 77.4 Å². The molecule has 5 aromatic carbocycles. The standard InChI is InChI=1S/C31H34N6O14S3/c1-15(38)33-22-13-24(35-37-30-28(54(47,48)49)9-16-3-4-18(32)10-21(16)31(30)40)27(51-6-5-50-2)14-23(22)34-36-25-11-19(52(41,42)43)7-17-8-20(53(44,45)46)12-26(39)29(17)25/h3-4,7-14,39-49H,5-6,32H2,1-2H3,(H,33,38). The monoisotopic (exact) mass is 810 g/mol. The molecule has 0 atom stereocenters. The zero-order chi connectivity index (χ0) is 39.7. The predicted octanol–water partition coefficient (Wildman–Crippen LogP) is 9.55. The molecule has 5 rings (SSSR count). The number of hydrogen-bond acceptors (Lipinski definition) is 19. The fraction of sp³-hybridized carbons (Fsp3) is 0.129. The Kier molecular flexibility index (Phi) is 11.6. The van der Waals surface area contributed by atoms with E-state index in [9.17, 15) is 56.0 Å². The molecule has 20 nitrogen and oxygen atoms in total. The van der Waals surface area contributed by atoms with Gasteiger partial charge in [-0.3, -0.25) is 4.79 Å². The van der Waals surface area contributed by atoms with Crippen LogP contribution in [0, 0.1) is 0 Å². The van der Waals surface area contributed by atoms with E-state index in [0.29, 0.717) is 0 Å². The summed E-state index contributed by atoms with van der Waals surface area (Å²) in [6.07, 6.45) is 0. The molecule has 0 radical (unpaired) electrons. The average molecular weight is 811 g/mol. The third-order valence-electron chi connectivity index (χ3n) is 7.41. The Morgan fingerprint density at radius 1 is 0.722 bits per heavy atom. The summed E-state index contributed by atoms with van der Waals surface area (Å²) < 4.78 is 101. The van der Waals surface area contributed by atoms with Gasteiger partial charge in [0.15, 0.2) is 5.75 Å². The first-order valence-corrected chi connectivity index (χ1v) is 19.5. The molecule has 1 amide bonds. The highest BCUT2D eigenvalue weighted by molar-refractivity contribution is 8.20. The number of benzene rings is 5. The number of nitrogen functional groups attached to an aromatic ring is 1. The SMILES string of the molecule is COCCOc1cc(N=Nc2cc(S(O)(O)O)cc3cc(S(O)(O)O)cc(O)c23)c(NC(C)=O)cc1N=Nc1c(S(O)(O)O)cc2ccc(N)cc2c1O. The number of phenols is 2. The van der Waals surface area contributed by atoms with E-state index < -0.39 is 70.4 Å². The second-order valence-electron chi connectivity index (χ2n) is 11.4. The molecule has 0 aliphatic carbocycles.